The molecule has 0 bridgehead atoms. The van der Waals surface area contributed by atoms with Crippen LogP contribution in [0.2, 0.25) is 0 Å². The number of hydrogen-bond donors (Lipinski definition) is 2. The van der Waals surface area contributed by atoms with E-state index in [0.717, 1.165) is 12.1 Å². The van der Waals surface area contributed by atoms with Crippen LogP contribution in [0.5, 0.6) is 0 Å². The third kappa shape index (κ3) is 1.07. The molecular weight excluding hydrogens is 138 g/mol. The maximum absolute atomic E-state index is 5.68. The number of aromatic nitrogens is 1. The van der Waals surface area contributed by atoms with Gasteiger partial charge in [-0.15, -0.1) is 0 Å². The van der Waals surface area contributed by atoms with E-state index in [-0.39, 0.29) is 0 Å². The molecule has 0 saturated carbocycles. The number of nitrogens with one attached hydrogen (secondary N) is 1. The summed E-state index contributed by atoms with van der Waals surface area (Å²) in [5.74, 6) is 0.657. The monoisotopic (exact) mass is 149 g/mol. The van der Waals surface area contributed by atoms with Crippen molar-refractivity contribution in [2.45, 2.75) is 12.5 Å². The number of anilines is 1. The quantitative estimate of drug-likeness (QED) is 0.618. The molecule has 2 heterocycles. The Morgan fingerprint density at radius 1 is 1.64 bits per heavy atom. The minimum atomic E-state index is 0.448. The van der Waals surface area contributed by atoms with E-state index in [0.29, 0.717) is 11.9 Å². The first kappa shape index (κ1) is 6.61. The number of hydrogen-bond acceptors (Lipinski definition) is 3. The van der Waals surface area contributed by atoms with Gasteiger partial charge in [-0.2, -0.15) is 0 Å². The van der Waals surface area contributed by atoms with Crippen molar-refractivity contribution in [1.29, 1.82) is 0 Å². The molecule has 1 aliphatic heterocycles. The molecule has 0 amide bonds. The summed E-state index contributed by atoms with van der Waals surface area (Å²) in [5, 5.41) is 3.28. The first-order valence-electron chi connectivity index (χ1n) is 3.81. The van der Waals surface area contributed by atoms with Gasteiger partial charge in [-0.05, 0) is 19.0 Å². The van der Waals surface area contributed by atoms with Crippen molar-refractivity contribution in [3.63, 3.8) is 0 Å². The lowest BCUT2D eigenvalue weighted by atomic mass is 9.99. The Labute approximate surface area is 65.6 Å². The molecule has 0 aliphatic carbocycles. The largest absolute Gasteiger partial charge is 0.383 e. The van der Waals surface area contributed by atoms with Crippen LogP contribution in [0.3, 0.4) is 0 Å². The smallest absolute Gasteiger partial charge is 0.128 e. The van der Waals surface area contributed by atoms with E-state index in [2.05, 4.69) is 10.3 Å². The minimum absolute atomic E-state index is 0.448. The average molecular weight is 149 g/mol. The zero-order valence-electron chi connectivity index (χ0n) is 6.25. The zero-order valence-corrected chi connectivity index (χ0v) is 6.25. The average Bonchev–Trinajstić information content (AvgIpc) is 1.90. The maximum Gasteiger partial charge on any atom is 0.128 e. The summed E-state index contributed by atoms with van der Waals surface area (Å²) in [4.78, 5) is 4.02. The summed E-state index contributed by atoms with van der Waals surface area (Å²) in [6.07, 6.45) is 2.90. The molecule has 3 nitrogen and oxygen atoms in total. The zero-order chi connectivity index (χ0) is 7.68. The molecular formula is C8H11N3. The number of rotatable bonds is 1. The first-order chi connectivity index (χ1) is 5.38. The lowest BCUT2D eigenvalue weighted by molar-refractivity contribution is 0.383. The SMILES string of the molecule is Nc1ncccc1C1CCN1. The van der Waals surface area contributed by atoms with E-state index >= 15 is 0 Å². The van der Waals surface area contributed by atoms with Crippen molar-refractivity contribution >= 4 is 5.82 Å². The fourth-order valence-electron chi connectivity index (χ4n) is 1.28. The Kier molecular flexibility index (Phi) is 1.51. The molecule has 11 heavy (non-hydrogen) atoms. The van der Waals surface area contributed by atoms with E-state index in [1.165, 1.54) is 6.42 Å². The fourth-order valence-corrected chi connectivity index (χ4v) is 1.28. The molecule has 1 aromatic heterocycles. The lowest BCUT2D eigenvalue weighted by Crippen LogP contribution is -2.35. The first-order valence-corrected chi connectivity index (χ1v) is 3.81. The van der Waals surface area contributed by atoms with Gasteiger partial charge in [0.05, 0.1) is 0 Å². The Bertz CT molecular complexity index is 255. The molecule has 0 aromatic carbocycles. The van der Waals surface area contributed by atoms with Crippen LogP contribution >= 0.6 is 0 Å². The second-order valence-corrected chi connectivity index (χ2v) is 2.77. The van der Waals surface area contributed by atoms with Crippen LogP contribution in [-0.2, 0) is 0 Å². The number of nitrogen functional groups attached to an aromatic ring is 1. The third-order valence-corrected chi connectivity index (χ3v) is 2.07. The maximum atomic E-state index is 5.68. The molecule has 3 N–H and O–H groups in total. The van der Waals surface area contributed by atoms with Gasteiger partial charge in [-0.25, -0.2) is 4.98 Å². The molecule has 1 aromatic rings. The Balaban J connectivity index is 2.28. The minimum Gasteiger partial charge on any atom is -0.383 e. The van der Waals surface area contributed by atoms with Gasteiger partial charge in [0, 0.05) is 17.8 Å². The molecule has 1 saturated heterocycles. The molecule has 1 aliphatic rings. The van der Waals surface area contributed by atoms with Crippen LogP contribution < -0.4 is 11.1 Å². The summed E-state index contributed by atoms with van der Waals surface area (Å²) >= 11 is 0. The van der Waals surface area contributed by atoms with Crippen LogP contribution in [-0.4, -0.2) is 11.5 Å². The Hall–Kier alpha value is -1.09. The summed E-state index contributed by atoms with van der Waals surface area (Å²) in [7, 11) is 0. The highest BCUT2D eigenvalue weighted by Gasteiger charge is 2.20. The summed E-state index contributed by atoms with van der Waals surface area (Å²) in [6, 6.07) is 4.40. The lowest BCUT2D eigenvalue weighted by Gasteiger charge is -2.28. The van der Waals surface area contributed by atoms with Crippen molar-refractivity contribution in [2.75, 3.05) is 12.3 Å². The number of nitrogens with two attached hydrogens (primary N) is 1. The van der Waals surface area contributed by atoms with Crippen molar-refractivity contribution in [2.24, 2.45) is 0 Å². The van der Waals surface area contributed by atoms with Gasteiger partial charge in [0.1, 0.15) is 5.82 Å². The molecule has 0 spiro atoms. The van der Waals surface area contributed by atoms with Crippen molar-refractivity contribution in [3.8, 4) is 0 Å². The van der Waals surface area contributed by atoms with Crippen LogP contribution in [0.1, 0.15) is 18.0 Å². The van der Waals surface area contributed by atoms with E-state index < -0.39 is 0 Å². The van der Waals surface area contributed by atoms with E-state index in [1.807, 2.05) is 12.1 Å². The van der Waals surface area contributed by atoms with E-state index in [9.17, 15) is 0 Å². The molecule has 2 rings (SSSR count). The van der Waals surface area contributed by atoms with E-state index in [4.69, 9.17) is 5.73 Å². The standard InChI is InChI=1S/C8H11N3/c9-8-6(2-1-4-11-8)7-3-5-10-7/h1-2,4,7,10H,3,5H2,(H2,9,11). The predicted molar refractivity (Wildman–Crippen MR) is 44.0 cm³/mol. The van der Waals surface area contributed by atoms with Crippen molar-refractivity contribution < 1.29 is 0 Å². The number of pyridine rings is 1. The van der Waals surface area contributed by atoms with Gasteiger partial charge in [-0.1, -0.05) is 6.07 Å². The second-order valence-electron chi connectivity index (χ2n) is 2.77. The van der Waals surface area contributed by atoms with Gasteiger partial charge in [0.15, 0.2) is 0 Å². The number of nitrogens with zero attached hydrogens (tertiary/aromatic N) is 1. The Morgan fingerprint density at radius 3 is 3.00 bits per heavy atom. The van der Waals surface area contributed by atoms with Crippen LogP contribution in [0, 0.1) is 0 Å². The van der Waals surface area contributed by atoms with Gasteiger partial charge >= 0.3 is 0 Å². The summed E-state index contributed by atoms with van der Waals surface area (Å²) < 4.78 is 0. The normalized spacial score (nSPS) is 22.7. The molecule has 1 unspecified atom stereocenters. The molecule has 1 atom stereocenters. The van der Waals surface area contributed by atoms with Crippen LogP contribution in [0.4, 0.5) is 5.82 Å². The Morgan fingerprint density at radius 2 is 2.45 bits per heavy atom. The highest BCUT2D eigenvalue weighted by molar-refractivity contribution is 5.41. The summed E-state index contributed by atoms with van der Waals surface area (Å²) in [6.45, 7) is 1.10. The third-order valence-electron chi connectivity index (χ3n) is 2.07. The predicted octanol–water partition coefficient (Wildman–Crippen LogP) is 0.698. The molecule has 0 radical (unpaired) electrons. The van der Waals surface area contributed by atoms with E-state index in [1.54, 1.807) is 6.20 Å². The van der Waals surface area contributed by atoms with Crippen LogP contribution in [0.25, 0.3) is 0 Å². The highest BCUT2D eigenvalue weighted by Crippen LogP contribution is 2.25. The summed E-state index contributed by atoms with van der Waals surface area (Å²) in [5.41, 5.74) is 6.82. The molecule has 3 heteroatoms. The fraction of sp³-hybridized carbons (Fsp3) is 0.375. The highest BCUT2D eigenvalue weighted by atomic mass is 15.0. The molecule has 58 valence electrons. The van der Waals surface area contributed by atoms with Crippen LogP contribution in [0.15, 0.2) is 18.3 Å². The van der Waals surface area contributed by atoms with Crippen molar-refractivity contribution in [3.05, 3.63) is 23.9 Å². The van der Waals surface area contributed by atoms with Gasteiger partial charge in [-0.3, -0.25) is 0 Å². The van der Waals surface area contributed by atoms with Gasteiger partial charge < -0.3 is 11.1 Å². The second kappa shape index (κ2) is 2.51. The topological polar surface area (TPSA) is 50.9 Å². The van der Waals surface area contributed by atoms with Crippen molar-refractivity contribution in [1.82, 2.24) is 10.3 Å². The van der Waals surface area contributed by atoms with Gasteiger partial charge in [0.2, 0.25) is 0 Å². The molecule has 1 fully saturated rings. The van der Waals surface area contributed by atoms with Gasteiger partial charge in [0.25, 0.3) is 0 Å².